The van der Waals surface area contributed by atoms with Gasteiger partial charge in [-0.05, 0) is 38.5 Å². The molecule has 2 bridgehead atoms. The minimum absolute atomic E-state index is 0.137. The molecule has 3 nitrogen and oxygen atoms in total. The highest BCUT2D eigenvalue weighted by Crippen LogP contribution is 2.66. The SMILES string of the molecule is CC(=O)C1CC2(O)OC1(C)C1CC1CC2(C)C. The summed E-state index contributed by atoms with van der Waals surface area (Å²) in [5.74, 6) is -0.00174. The van der Waals surface area contributed by atoms with E-state index in [1.54, 1.807) is 6.92 Å². The zero-order chi connectivity index (χ0) is 12.6. The van der Waals surface area contributed by atoms with Gasteiger partial charge in [-0.15, -0.1) is 0 Å². The van der Waals surface area contributed by atoms with E-state index >= 15 is 0 Å². The summed E-state index contributed by atoms with van der Waals surface area (Å²) in [5.41, 5.74) is -0.687. The van der Waals surface area contributed by atoms with E-state index < -0.39 is 11.4 Å². The lowest BCUT2D eigenvalue weighted by molar-refractivity contribution is -0.272. The van der Waals surface area contributed by atoms with Crippen LogP contribution < -0.4 is 0 Å². The van der Waals surface area contributed by atoms with E-state index in [0.29, 0.717) is 18.3 Å². The second-order valence-corrected chi connectivity index (χ2v) is 7.13. The van der Waals surface area contributed by atoms with Gasteiger partial charge in [-0.1, -0.05) is 13.8 Å². The van der Waals surface area contributed by atoms with Crippen LogP contribution in [0.3, 0.4) is 0 Å². The van der Waals surface area contributed by atoms with Gasteiger partial charge in [0.15, 0.2) is 5.79 Å². The first-order chi connectivity index (χ1) is 7.70. The first-order valence-electron chi connectivity index (χ1n) is 6.63. The van der Waals surface area contributed by atoms with Crippen LogP contribution in [0.25, 0.3) is 0 Å². The van der Waals surface area contributed by atoms with E-state index in [-0.39, 0.29) is 17.1 Å². The Hall–Kier alpha value is -0.410. The van der Waals surface area contributed by atoms with Crippen LogP contribution in [0.5, 0.6) is 0 Å². The molecule has 17 heavy (non-hydrogen) atoms. The number of hydrogen-bond donors (Lipinski definition) is 1. The van der Waals surface area contributed by atoms with Crippen molar-refractivity contribution in [2.45, 2.75) is 58.3 Å². The van der Waals surface area contributed by atoms with Gasteiger partial charge in [0.05, 0.1) is 11.5 Å². The Balaban J connectivity index is 2.06. The summed E-state index contributed by atoms with van der Waals surface area (Å²) in [4.78, 5) is 11.8. The van der Waals surface area contributed by atoms with Crippen molar-refractivity contribution in [3.63, 3.8) is 0 Å². The third-order valence-electron chi connectivity index (χ3n) is 5.54. The largest absolute Gasteiger partial charge is 0.365 e. The predicted molar refractivity (Wildman–Crippen MR) is 63.2 cm³/mol. The molecule has 0 amide bonds. The molecular weight excluding hydrogens is 216 g/mol. The predicted octanol–water partition coefficient (Wildman–Crippen LogP) is 2.13. The average molecular weight is 238 g/mol. The highest BCUT2D eigenvalue weighted by atomic mass is 16.6. The highest BCUT2D eigenvalue weighted by Gasteiger charge is 2.70. The number of ketones is 1. The molecule has 3 heteroatoms. The molecular formula is C14H22O3. The minimum atomic E-state index is -1.12. The zero-order valence-electron chi connectivity index (χ0n) is 11.1. The Kier molecular flexibility index (Phi) is 2.02. The third-order valence-corrected chi connectivity index (χ3v) is 5.54. The number of fused-ring (bicyclic) bond motifs is 4. The van der Waals surface area contributed by atoms with Crippen molar-refractivity contribution < 1.29 is 14.6 Å². The number of carbonyl (C=O) groups is 1. The molecule has 3 aliphatic rings. The van der Waals surface area contributed by atoms with Gasteiger partial charge in [0.1, 0.15) is 5.78 Å². The number of ether oxygens (including phenoxy) is 1. The van der Waals surface area contributed by atoms with Crippen LogP contribution in [0, 0.1) is 23.2 Å². The van der Waals surface area contributed by atoms with Crippen LogP contribution in [0.15, 0.2) is 0 Å². The fourth-order valence-corrected chi connectivity index (χ4v) is 4.24. The lowest BCUT2D eigenvalue weighted by atomic mass is 9.71. The van der Waals surface area contributed by atoms with E-state index in [4.69, 9.17) is 4.74 Å². The van der Waals surface area contributed by atoms with Gasteiger partial charge in [0, 0.05) is 11.8 Å². The summed E-state index contributed by atoms with van der Waals surface area (Å²) in [6.45, 7) is 7.79. The molecule has 2 saturated heterocycles. The van der Waals surface area contributed by atoms with Crippen molar-refractivity contribution in [2.24, 2.45) is 23.2 Å². The van der Waals surface area contributed by atoms with Gasteiger partial charge in [0.2, 0.25) is 0 Å². The molecule has 0 aromatic rings. The molecule has 0 aromatic heterocycles. The topological polar surface area (TPSA) is 46.5 Å². The van der Waals surface area contributed by atoms with Crippen molar-refractivity contribution in [2.75, 3.05) is 0 Å². The first-order valence-corrected chi connectivity index (χ1v) is 6.63. The average Bonchev–Trinajstić information content (AvgIpc) is 2.85. The second-order valence-electron chi connectivity index (χ2n) is 7.13. The fourth-order valence-electron chi connectivity index (χ4n) is 4.24. The number of aliphatic hydroxyl groups is 1. The Morgan fingerprint density at radius 3 is 2.53 bits per heavy atom. The molecule has 1 N–H and O–H groups in total. The lowest BCUT2D eigenvalue weighted by Crippen LogP contribution is -2.45. The summed E-state index contributed by atoms with van der Waals surface area (Å²) in [6, 6.07) is 0. The minimum Gasteiger partial charge on any atom is -0.365 e. The molecule has 0 spiro atoms. The number of rotatable bonds is 1. The van der Waals surface area contributed by atoms with E-state index in [1.807, 2.05) is 6.92 Å². The second kappa shape index (κ2) is 2.94. The Morgan fingerprint density at radius 2 is 1.94 bits per heavy atom. The van der Waals surface area contributed by atoms with Crippen molar-refractivity contribution in [3.8, 4) is 0 Å². The summed E-state index contributed by atoms with van der Waals surface area (Å²) in [7, 11) is 0. The van der Waals surface area contributed by atoms with Crippen LogP contribution in [-0.2, 0) is 9.53 Å². The highest BCUT2D eigenvalue weighted by molar-refractivity contribution is 5.80. The van der Waals surface area contributed by atoms with Crippen LogP contribution in [-0.4, -0.2) is 22.3 Å². The van der Waals surface area contributed by atoms with Crippen LogP contribution in [0.4, 0.5) is 0 Å². The molecule has 2 heterocycles. The van der Waals surface area contributed by atoms with Gasteiger partial charge in [-0.2, -0.15) is 0 Å². The van der Waals surface area contributed by atoms with Crippen molar-refractivity contribution in [1.82, 2.24) is 0 Å². The van der Waals surface area contributed by atoms with Crippen LogP contribution in [0.1, 0.15) is 47.0 Å². The zero-order valence-corrected chi connectivity index (χ0v) is 11.1. The quantitative estimate of drug-likeness (QED) is 0.761. The summed E-state index contributed by atoms with van der Waals surface area (Å²) in [6.07, 6.45) is 2.63. The van der Waals surface area contributed by atoms with Gasteiger partial charge >= 0.3 is 0 Å². The first kappa shape index (κ1) is 11.7. The monoisotopic (exact) mass is 238 g/mol. The van der Waals surface area contributed by atoms with Gasteiger partial charge in [-0.3, -0.25) is 4.79 Å². The van der Waals surface area contributed by atoms with Gasteiger partial charge < -0.3 is 9.84 Å². The van der Waals surface area contributed by atoms with E-state index in [2.05, 4.69) is 13.8 Å². The van der Waals surface area contributed by atoms with Crippen LogP contribution in [0.2, 0.25) is 0 Å². The van der Waals surface area contributed by atoms with Crippen LogP contribution >= 0.6 is 0 Å². The number of Topliss-reactive ketones (excluding diaryl/α,β-unsaturated/α-hetero) is 1. The number of carbonyl (C=O) groups excluding carboxylic acids is 1. The van der Waals surface area contributed by atoms with Crippen molar-refractivity contribution in [3.05, 3.63) is 0 Å². The Labute approximate surface area is 103 Å². The third kappa shape index (κ3) is 1.33. The summed E-state index contributed by atoms with van der Waals surface area (Å²) >= 11 is 0. The van der Waals surface area contributed by atoms with Crippen molar-refractivity contribution >= 4 is 5.78 Å². The molecule has 3 fully saturated rings. The molecule has 3 rings (SSSR count). The van der Waals surface area contributed by atoms with Gasteiger partial charge in [-0.25, -0.2) is 0 Å². The molecule has 5 atom stereocenters. The number of hydrogen-bond acceptors (Lipinski definition) is 3. The molecule has 0 aromatic carbocycles. The maximum Gasteiger partial charge on any atom is 0.172 e. The molecule has 1 saturated carbocycles. The normalized spacial score (nSPS) is 55.0. The summed E-state index contributed by atoms with van der Waals surface area (Å²) < 4.78 is 6.08. The van der Waals surface area contributed by atoms with E-state index in [9.17, 15) is 9.90 Å². The fraction of sp³-hybridized carbons (Fsp3) is 0.929. The standard InChI is InChI=1S/C14H22O3/c1-8(15)11-7-14(16)12(2,3)6-9-5-10(9)13(11,4)17-14/h9-11,16H,5-7H2,1-4H3. The summed E-state index contributed by atoms with van der Waals surface area (Å²) in [5, 5.41) is 10.8. The molecule has 96 valence electrons. The van der Waals surface area contributed by atoms with E-state index in [1.165, 1.54) is 0 Å². The maximum absolute atomic E-state index is 11.8. The molecule has 5 unspecified atom stereocenters. The van der Waals surface area contributed by atoms with Crippen molar-refractivity contribution in [1.29, 1.82) is 0 Å². The maximum atomic E-state index is 11.8. The van der Waals surface area contributed by atoms with Gasteiger partial charge in [0.25, 0.3) is 0 Å². The lowest BCUT2D eigenvalue weighted by Gasteiger charge is -2.39. The smallest absolute Gasteiger partial charge is 0.172 e. The molecule has 1 aliphatic carbocycles. The molecule has 0 radical (unpaired) electrons. The Morgan fingerprint density at radius 1 is 1.29 bits per heavy atom. The Bertz CT molecular complexity index is 389. The molecule has 2 aliphatic heterocycles. The van der Waals surface area contributed by atoms with E-state index in [0.717, 1.165) is 12.8 Å².